The normalized spacial score (nSPS) is 14.1. The van der Waals surface area contributed by atoms with Crippen molar-refractivity contribution in [2.45, 2.75) is 71.8 Å². The fourth-order valence-electron chi connectivity index (χ4n) is 1.69. The van der Waals surface area contributed by atoms with E-state index in [0.29, 0.717) is 0 Å². The summed E-state index contributed by atoms with van der Waals surface area (Å²) in [5, 5.41) is 0. The van der Waals surface area contributed by atoms with Crippen molar-refractivity contribution in [3.63, 3.8) is 0 Å². The van der Waals surface area contributed by atoms with Crippen LogP contribution in [0.2, 0.25) is 0 Å². The topological polar surface area (TPSA) is 76.0 Å². The molecule has 0 heterocycles. The first kappa shape index (κ1) is 18.1. The fourth-order valence-corrected chi connectivity index (χ4v) is 1.95. The summed E-state index contributed by atoms with van der Waals surface area (Å²) in [6.07, 6.45) is 7.62. The van der Waals surface area contributed by atoms with Gasteiger partial charge in [-0.3, -0.25) is 0 Å². The molecule has 0 saturated heterocycles. The van der Waals surface area contributed by atoms with Crippen molar-refractivity contribution in [3.8, 4) is 0 Å². The van der Waals surface area contributed by atoms with Crippen molar-refractivity contribution in [1.82, 2.24) is 0 Å². The molecule has 0 saturated carbocycles. The van der Waals surface area contributed by atoms with Crippen molar-refractivity contribution in [1.29, 1.82) is 0 Å². The molecule has 0 aromatic carbocycles. The summed E-state index contributed by atoms with van der Waals surface area (Å²) in [5.41, 5.74) is 0. The SMILES string of the molecule is CC(C)CCCCCCCC(C)OOP(=O)(O)O. The monoisotopic (exact) mass is 282 g/mol. The van der Waals surface area contributed by atoms with Crippen LogP contribution < -0.4 is 0 Å². The van der Waals surface area contributed by atoms with E-state index in [1.807, 2.05) is 0 Å². The van der Waals surface area contributed by atoms with Crippen LogP contribution in [0, 0.1) is 5.92 Å². The van der Waals surface area contributed by atoms with Gasteiger partial charge in [-0.15, -0.1) is 4.67 Å². The summed E-state index contributed by atoms with van der Waals surface area (Å²) in [6.45, 7) is 6.22. The molecule has 0 aromatic heterocycles. The Balaban J connectivity index is 3.30. The lowest BCUT2D eigenvalue weighted by molar-refractivity contribution is -0.254. The summed E-state index contributed by atoms with van der Waals surface area (Å²) in [6, 6.07) is 0. The Morgan fingerprint density at radius 2 is 1.44 bits per heavy atom. The molecular formula is C12H27O5P. The van der Waals surface area contributed by atoms with Crippen molar-refractivity contribution in [2.24, 2.45) is 5.92 Å². The van der Waals surface area contributed by atoms with Crippen LogP contribution in [0.25, 0.3) is 0 Å². The Hall–Kier alpha value is 0.0700. The summed E-state index contributed by atoms with van der Waals surface area (Å²) in [7, 11) is -4.51. The van der Waals surface area contributed by atoms with Crippen LogP contribution in [0.1, 0.15) is 65.7 Å². The van der Waals surface area contributed by atoms with Gasteiger partial charge in [0.05, 0.1) is 6.10 Å². The van der Waals surface area contributed by atoms with E-state index < -0.39 is 7.82 Å². The van der Waals surface area contributed by atoms with Crippen LogP contribution in [0.15, 0.2) is 0 Å². The molecule has 6 heteroatoms. The molecule has 5 nitrogen and oxygen atoms in total. The first-order chi connectivity index (χ1) is 8.31. The van der Waals surface area contributed by atoms with E-state index in [4.69, 9.17) is 9.79 Å². The van der Waals surface area contributed by atoms with E-state index in [1.165, 1.54) is 25.7 Å². The molecule has 1 atom stereocenters. The number of hydrogen-bond acceptors (Lipinski definition) is 3. The smallest absolute Gasteiger partial charge is 0.301 e. The quantitative estimate of drug-likeness (QED) is 0.261. The molecule has 0 radical (unpaired) electrons. The van der Waals surface area contributed by atoms with Crippen LogP contribution in [0.4, 0.5) is 0 Å². The fraction of sp³-hybridized carbons (Fsp3) is 1.00. The van der Waals surface area contributed by atoms with E-state index in [0.717, 1.165) is 25.2 Å². The van der Waals surface area contributed by atoms with Crippen LogP contribution in [0.3, 0.4) is 0 Å². The molecule has 0 aliphatic heterocycles. The van der Waals surface area contributed by atoms with Gasteiger partial charge in [0, 0.05) is 0 Å². The predicted molar refractivity (Wildman–Crippen MR) is 70.8 cm³/mol. The van der Waals surface area contributed by atoms with Gasteiger partial charge in [0.2, 0.25) is 0 Å². The van der Waals surface area contributed by atoms with Crippen LogP contribution in [0.5, 0.6) is 0 Å². The van der Waals surface area contributed by atoms with E-state index >= 15 is 0 Å². The zero-order valence-corrected chi connectivity index (χ0v) is 12.6. The van der Waals surface area contributed by atoms with E-state index in [1.54, 1.807) is 6.92 Å². The zero-order valence-electron chi connectivity index (χ0n) is 11.7. The number of rotatable bonds is 11. The molecule has 0 bridgehead atoms. The summed E-state index contributed by atoms with van der Waals surface area (Å²) >= 11 is 0. The molecule has 0 spiro atoms. The van der Waals surface area contributed by atoms with Gasteiger partial charge in [-0.25, -0.2) is 9.45 Å². The van der Waals surface area contributed by atoms with Crippen molar-refractivity contribution >= 4 is 7.82 Å². The molecule has 0 fully saturated rings. The molecule has 0 amide bonds. The number of unbranched alkanes of at least 4 members (excludes halogenated alkanes) is 4. The standard InChI is InChI=1S/C12H27O5P/c1-11(2)9-7-5-4-6-8-10-12(3)16-17-18(13,14)15/h11-12H,4-10H2,1-3H3,(H2,13,14,15). The van der Waals surface area contributed by atoms with E-state index in [-0.39, 0.29) is 6.10 Å². The third-order valence-corrected chi connectivity index (χ3v) is 2.98. The first-order valence-electron chi connectivity index (χ1n) is 6.72. The molecule has 0 rings (SSSR count). The van der Waals surface area contributed by atoms with Crippen LogP contribution >= 0.6 is 7.82 Å². The Bertz CT molecular complexity index is 239. The largest absolute Gasteiger partial charge is 0.496 e. The van der Waals surface area contributed by atoms with Gasteiger partial charge in [0.25, 0.3) is 0 Å². The molecule has 0 aliphatic carbocycles. The maximum Gasteiger partial charge on any atom is 0.496 e. The predicted octanol–water partition coefficient (Wildman–Crippen LogP) is 3.80. The highest BCUT2D eigenvalue weighted by Gasteiger charge is 2.17. The minimum atomic E-state index is -4.51. The summed E-state index contributed by atoms with van der Waals surface area (Å²) < 4.78 is 14.4. The van der Waals surface area contributed by atoms with Gasteiger partial charge < -0.3 is 9.79 Å². The molecule has 110 valence electrons. The maximum absolute atomic E-state index is 10.4. The highest BCUT2D eigenvalue weighted by Crippen LogP contribution is 2.36. The van der Waals surface area contributed by atoms with Crippen molar-refractivity contribution < 1.29 is 23.9 Å². The Kier molecular flexibility index (Phi) is 9.97. The second-order valence-electron chi connectivity index (χ2n) is 5.21. The lowest BCUT2D eigenvalue weighted by atomic mass is 10.0. The average molecular weight is 282 g/mol. The van der Waals surface area contributed by atoms with Crippen molar-refractivity contribution in [3.05, 3.63) is 0 Å². The lowest BCUT2D eigenvalue weighted by Crippen LogP contribution is -2.07. The Morgan fingerprint density at radius 1 is 0.944 bits per heavy atom. The van der Waals surface area contributed by atoms with Gasteiger partial charge in [-0.05, 0) is 19.3 Å². The van der Waals surface area contributed by atoms with E-state index in [2.05, 4.69) is 23.4 Å². The first-order valence-corrected chi connectivity index (χ1v) is 8.25. The van der Waals surface area contributed by atoms with Gasteiger partial charge >= 0.3 is 7.82 Å². The molecule has 0 aromatic rings. The van der Waals surface area contributed by atoms with Gasteiger partial charge in [0.1, 0.15) is 0 Å². The molecule has 18 heavy (non-hydrogen) atoms. The second-order valence-corrected chi connectivity index (χ2v) is 6.34. The average Bonchev–Trinajstić information content (AvgIpc) is 2.23. The molecule has 0 aliphatic rings. The van der Waals surface area contributed by atoms with Crippen molar-refractivity contribution in [2.75, 3.05) is 0 Å². The van der Waals surface area contributed by atoms with Gasteiger partial charge in [0.15, 0.2) is 0 Å². The van der Waals surface area contributed by atoms with Crippen LogP contribution in [-0.2, 0) is 14.1 Å². The molecule has 2 N–H and O–H groups in total. The third kappa shape index (κ3) is 14.1. The summed E-state index contributed by atoms with van der Waals surface area (Å²) in [5.74, 6) is 0.781. The highest BCUT2D eigenvalue weighted by atomic mass is 31.2. The molecular weight excluding hydrogens is 255 g/mol. The number of hydrogen-bond donors (Lipinski definition) is 2. The summed E-state index contributed by atoms with van der Waals surface area (Å²) in [4.78, 5) is 21.5. The second kappa shape index (κ2) is 9.93. The Morgan fingerprint density at radius 3 is 1.94 bits per heavy atom. The third-order valence-electron chi connectivity index (χ3n) is 2.70. The number of phosphoric acid groups is 1. The van der Waals surface area contributed by atoms with Gasteiger partial charge in [-0.1, -0.05) is 52.4 Å². The van der Waals surface area contributed by atoms with Crippen LogP contribution in [-0.4, -0.2) is 15.9 Å². The lowest BCUT2D eigenvalue weighted by Gasteiger charge is -2.11. The highest BCUT2D eigenvalue weighted by molar-refractivity contribution is 7.46. The van der Waals surface area contributed by atoms with E-state index in [9.17, 15) is 4.57 Å². The minimum absolute atomic E-state index is 0.284. The van der Waals surface area contributed by atoms with Gasteiger partial charge in [-0.2, -0.15) is 0 Å². The zero-order chi connectivity index (χ0) is 14.0. The molecule has 1 unspecified atom stereocenters. The minimum Gasteiger partial charge on any atom is -0.301 e. The maximum atomic E-state index is 10.4. The Labute approximate surface area is 110 Å².